The highest BCUT2D eigenvalue weighted by Gasteiger charge is 2.55. The molecule has 0 radical (unpaired) electrons. The van der Waals surface area contributed by atoms with E-state index in [1.807, 2.05) is 0 Å². The predicted octanol–water partition coefficient (Wildman–Crippen LogP) is 3.30. The molecular weight excluding hydrogens is 441 g/mol. The molecule has 0 aliphatic carbocycles. The minimum absolute atomic E-state index is 0.0644. The summed E-state index contributed by atoms with van der Waals surface area (Å²) in [7, 11) is 0. The number of aliphatic imine (C=N–C) groups is 1. The molecule has 13 heteroatoms. The molecule has 3 rings (SSSR count). The number of aromatic nitrogens is 2. The number of carbonyl (C=O) groups is 1. The van der Waals surface area contributed by atoms with Crippen molar-refractivity contribution in [3.05, 3.63) is 47.7 Å². The van der Waals surface area contributed by atoms with E-state index in [2.05, 4.69) is 29.8 Å². The maximum atomic E-state index is 14.7. The van der Waals surface area contributed by atoms with Crippen molar-refractivity contribution in [2.45, 2.75) is 31.7 Å². The molecule has 0 bridgehead atoms. The van der Waals surface area contributed by atoms with Crippen LogP contribution in [0.3, 0.4) is 0 Å². The van der Waals surface area contributed by atoms with Crippen molar-refractivity contribution in [2.75, 3.05) is 12.2 Å². The number of benzene rings is 1. The molecule has 0 saturated heterocycles. The van der Waals surface area contributed by atoms with Crippen LogP contribution >= 0.6 is 0 Å². The zero-order valence-corrected chi connectivity index (χ0v) is 16.8. The molecule has 8 nitrogen and oxygen atoms in total. The number of nitrogens with zero attached hydrogens (tertiary/aromatic N) is 3. The van der Waals surface area contributed by atoms with E-state index in [1.54, 1.807) is 0 Å². The van der Waals surface area contributed by atoms with Gasteiger partial charge in [-0.25, -0.2) is 23.7 Å². The normalized spacial score (nSPS) is 23.2. The molecule has 3 atom stereocenters. The first-order chi connectivity index (χ1) is 15.0. The minimum atomic E-state index is -4.76. The molecule has 3 N–H and O–H groups in total. The molecule has 2 aromatic rings. The Bertz CT molecular complexity index is 1030. The van der Waals surface area contributed by atoms with Gasteiger partial charge in [0, 0.05) is 17.2 Å². The second-order valence-corrected chi connectivity index (χ2v) is 7.11. The standard InChI is InChI=1S/C19H18F5N5O3/c1-9-15(19(22,23)24)32-17(25)29-18(9,2)11-5-10(3-4-12(11)21)28-16(30)13-6-27-14(7-26-13)31-8-20/h3-7,9,15H,8H2,1-2H3,(H2,25,29)(H,28,30)/t9-,15-,18-/m0/s1. The van der Waals surface area contributed by atoms with Gasteiger partial charge >= 0.3 is 6.18 Å². The van der Waals surface area contributed by atoms with E-state index >= 15 is 0 Å². The van der Waals surface area contributed by atoms with Crippen LogP contribution in [0, 0.1) is 11.7 Å². The van der Waals surface area contributed by atoms with Crippen LogP contribution in [0.5, 0.6) is 5.88 Å². The number of alkyl halides is 4. The topological polar surface area (TPSA) is 112 Å². The second kappa shape index (κ2) is 8.55. The molecule has 0 fully saturated rings. The van der Waals surface area contributed by atoms with Gasteiger partial charge in [-0.3, -0.25) is 4.79 Å². The number of nitrogens with one attached hydrogen (secondary N) is 1. The average molecular weight is 459 g/mol. The maximum Gasteiger partial charge on any atom is 0.425 e. The Morgan fingerprint density at radius 3 is 2.62 bits per heavy atom. The van der Waals surface area contributed by atoms with E-state index in [-0.39, 0.29) is 22.8 Å². The lowest BCUT2D eigenvalue weighted by atomic mass is 9.76. The summed E-state index contributed by atoms with van der Waals surface area (Å²) in [5.41, 5.74) is 3.41. The summed E-state index contributed by atoms with van der Waals surface area (Å²) in [4.78, 5) is 23.8. The SMILES string of the molecule is C[C@H]1[C@@H](C(F)(F)F)OC(N)=N[C@]1(C)c1cc(NC(=O)c2cnc(OCF)cn2)ccc1F. The highest BCUT2D eigenvalue weighted by Crippen LogP contribution is 2.45. The van der Waals surface area contributed by atoms with Crippen LogP contribution in [-0.4, -0.2) is 41.0 Å². The third kappa shape index (κ3) is 4.55. The molecule has 1 aliphatic heterocycles. The van der Waals surface area contributed by atoms with Crippen molar-refractivity contribution in [3.8, 4) is 5.88 Å². The Hall–Kier alpha value is -3.51. The van der Waals surface area contributed by atoms with Crippen LogP contribution in [0.1, 0.15) is 29.9 Å². The van der Waals surface area contributed by atoms with Crippen LogP contribution in [-0.2, 0) is 10.3 Å². The Morgan fingerprint density at radius 2 is 2.03 bits per heavy atom. The Kier molecular flexibility index (Phi) is 6.19. The highest BCUT2D eigenvalue weighted by atomic mass is 19.4. The maximum absolute atomic E-state index is 14.7. The predicted molar refractivity (Wildman–Crippen MR) is 102 cm³/mol. The van der Waals surface area contributed by atoms with Crippen molar-refractivity contribution in [1.82, 2.24) is 9.97 Å². The summed E-state index contributed by atoms with van der Waals surface area (Å²) < 4.78 is 76.2. The minimum Gasteiger partial charge on any atom is -0.452 e. The lowest BCUT2D eigenvalue weighted by molar-refractivity contribution is -0.223. The van der Waals surface area contributed by atoms with E-state index in [0.717, 1.165) is 24.5 Å². The van der Waals surface area contributed by atoms with Gasteiger partial charge in [-0.05, 0) is 25.1 Å². The number of hydrogen-bond donors (Lipinski definition) is 2. The van der Waals surface area contributed by atoms with Crippen molar-refractivity contribution in [1.29, 1.82) is 0 Å². The van der Waals surface area contributed by atoms with Gasteiger partial charge in [-0.1, -0.05) is 6.92 Å². The van der Waals surface area contributed by atoms with Gasteiger partial charge in [0.15, 0.2) is 0 Å². The van der Waals surface area contributed by atoms with E-state index in [0.29, 0.717) is 0 Å². The largest absolute Gasteiger partial charge is 0.452 e. The number of amidine groups is 1. The Morgan fingerprint density at radius 1 is 1.31 bits per heavy atom. The fourth-order valence-corrected chi connectivity index (χ4v) is 3.29. The molecule has 1 aromatic heterocycles. The third-order valence-electron chi connectivity index (χ3n) is 5.09. The summed E-state index contributed by atoms with van der Waals surface area (Å²) in [6.45, 7) is 1.39. The van der Waals surface area contributed by atoms with Crippen LogP contribution < -0.4 is 15.8 Å². The summed E-state index contributed by atoms with van der Waals surface area (Å²) in [6, 6.07) is 2.63. The third-order valence-corrected chi connectivity index (χ3v) is 5.09. The zero-order chi connectivity index (χ0) is 23.7. The molecule has 32 heavy (non-hydrogen) atoms. The fourth-order valence-electron chi connectivity index (χ4n) is 3.29. The van der Waals surface area contributed by atoms with Crippen molar-refractivity contribution in [3.63, 3.8) is 0 Å². The monoisotopic (exact) mass is 459 g/mol. The van der Waals surface area contributed by atoms with Gasteiger partial charge < -0.3 is 20.5 Å². The molecular formula is C19H18F5N5O3. The van der Waals surface area contributed by atoms with Gasteiger partial charge in [0.2, 0.25) is 18.8 Å². The number of halogens is 5. The summed E-state index contributed by atoms with van der Waals surface area (Å²) >= 11 is 0. The summed E-state index contributed by atoms with van der Waals surface area (Å²) in [5, 5.41) is 2.44. The van der Waals surface area contributed by atoms with Gasteiger partial charge in [0.1, 0.15) is 11.5 Å². The number of rotatable bonds is 5. The molecule has 0 unspecified atom stereocenters. The first-order valence-electron chi connectivity index (χ1n) is 9.16. The average Bonchev–Trinajstić information content (AvgIpc) is 2.72. The molecule has 1 aliphatic rings. The number of ether oxygens (including phenoxy) is 2. The van der Waals surface area contributed by atoms with E-state index < -0.39 is 48.3 Å². The number of amides is 1. The smallest absolute Gasteiger partial charge is 0.425 e. The molecule has 0 spiro atoms. The van der Waals surface area contributed by atoms with E-state index in [9.17, 15) is 26.7 Å². The van der Waals surface area contributed by atoms with Gasteiger partial charge in [0.05, 0.1) is 17.9 Å². The van der Waals surface area contributed by atoms with Crippen molar-refractivity contribution < 1.29 is 36.2 Å². The van der Waals surface area contributed by atoms with Crippen LogP contribution in [0.25, 0.3) is 0 Å². The molecule has 2 heterocycles. The van der Waals surface area contributed by atoms with Crippen LogP contribution in [0.15, 0.2) is 35.6 Å². The Labute approximate surface area is 178 Å². The quantitative estimate of drug-likeness (QED) is 0.664. The van der Waals surface area contributed by atoms with Gasteiger partial charge in [-0.2, -0.15) is 13.2 Å². The number of nitrogens with two attached hydrogens (primary N) is 1. The van der Waals surface area contributed by atoms with E-state index in [4.69, 9.17) is 5.73 Å². The first kappa shape index (κ1) is 23.2. The van der Waals surface area contributed by atoms with Gasteiger partial charge in [-0.15, -0.1) is 0 Å². The molecule has 1 aromatic carbocycles. The molecule has 1 amide bonds. The number of carbonyl (C=O) groups excluding carboxylic acids is 1. The lowest BCUT2D eigenvalue weighted by Gasteiger charge is -2.41. The molecule has 172 valence electrons. The Balaban J connectivity index is 1.91. The van der Waals surface area contributed by atoms with Crippen molar-refractivity contribution in [2.24, 2.45) is 16.6 Å². The first-order valence-corrected chi connectivity index (χ1v) is 9.16. The van der Waals surface area contributed by atoms with E-state index in [1.165, 1.54) is 19.9 Å². The van der Waals surface area contributed by atoms with Crippen LogP contribution in [0.2, 0.25) is 0 Å². The number of hydrogen-bond acceptors (Lipinski definition) is 7. The fraction of sp³-hybridized carbons (Fsp3) is 0.368. The van der Waals surface area contributed by atoms with Gasteiger partial charge in [0.25, 0.3) is 11.9 Å². The summed E-state index contributed by atoms with van der Waals surface area (Å²) in [6.07, 6.45) is -5.00. The highest BCUT2D eigenvalue weighted by molar-refractivity contribution is 6.02. The summed E-state index contributed by atoms with van der Waals surface area (Å²) in [5.74, 6) is -3.07. The van der Waals surface area contributed by atoms with Crippen molar-refractivity contribution >= 4 is 17.6 Å². The second-order valence-electron chi connectivity index (χ2n) is 7.11. The van der Waals surface area contributed by atoms with Crippen LogP contribution in [0.4, 0.5) is 27.6 Å². The molecule has 0 saturated carbocycles. The zero-order valence-electron chi connectivity index (χ0n) is 16.8. The number of anilines is 1. The lowest BCUT2D eigenvalue weighted by Crippen LogP contribution is -2.52.